The molecule has 106 valence electrons. The monoisotopic (exact) mass is 284 g/mol. The molecule has 0 saturated carbocycles. The lowest BCUT2D eigenvalue weighted by Crippen LogP contribution is -2.31. The first-order valence-corrected chi connectivity index (χ1v) is 7.78. The summed E-state index contributed by atoms with van der Waals surface area (Å²) in [6, 6.07) is 3.17. The summed E-state index contributed by atoms with van der Waals surface area (Å²) < 4.78 is 12.7. The molecule has 0 aromatic carbocycles. The largest absolute Gasteiger partial charge is 0.303 e. The van der Waals surface area contributed by atoms with Gasteiger partial charge in [-0.15, -0.1) is 0 Å². The van der Waals surface area contributed by atoms with E-state index >= 15 is 0 Å². The molecule has 5 heteroatoms. The van der Waals surface area contributed by atoms with Crippen molar-refractivity contribution in [2.45, 2.75) is 25.8 Å². The number of nitrogens with zero attached hydrogens (tertiary/aromatic N) is 2. The third-order valence-corrected chi connectivity index (χ3v) is 3.84. The highest BCUT2D eigenvalue weighted by Crippen LogP contribution is 2.08. The number of Topliss-reactive ketones (excluding diaryl/α,β-unsaturated/α-hetero) is 1. The Morgan fingerprint density at radius 2 is 2.26 bits per heavy atom. The van der Waals surface area contributed by atoms with Gasteiger partial charge in [0.15, 0.2) is 5.78 Å². The van der Waals surface area contributed by atoms with Gasteiger partial charge in [-0.2, -0.15) is 11.8 Å². The van der Waals surface area contributed by atoms with Crippen LogP contribution in [0.15, 0.2) is 18.3 Å². The molecule has 0 saturated heterocycles. The van der Waals surface area contributed by atoms with Crippen LogP contribution in [0.1, 0.15) is 30.3 Å². The van der Waals surface area contributed by atoms with Crippen molar-refractivity contribution < 1.29 is 9.18 Å². The Balaban J connectivity index is 2.39. The summed E-state index contributed by atoms with van der Waals surface area (Å²) in [7, 11) is 2.02. The minimum atomic E-state index is -0.417. The average molecular weight is 284 g/mol. The lowest BCUT2D eigenvalue weighted by molar-refractivity contribution is 0.0957. The fourth-order valence-electron chi connectivity index (χ4n) is 1.68. The van der Waals surface area contributed by atoms with E-state index in [1.54, 1.807) is 0 Å². The molecule has 1 aromatic heterocycles. The Labute approximate surface area is 118 Å². The van der Waals surface area contributed by atoms with Gasteiger partial charge in [-0.25, -0.2) is 4.39 Å². The van der Waals surface area contributed by atoms with Crippen molar-refractivity contribution in [1.29, 1.82) is 0 Å². The van der Waals surface area contributed by atoms with E-state index in [1.807, 2.05) is 18.8 Å². The van der Waals surface area contributed by atoms with E-state index in [2.05, 4.69) is 23.1 Å². The Hall–Kier alpha value is -0.940. The second-order valence-electron chi connectivity index (χ2n) is 4.65. The van der Waals surface area contributed by atoms with Crippen molar-refractivity contribution in [3.8, 4) is 0 Å². The second kappa shape index (κ2) is 8.27. The van der Waals surface area contributed by atoms with Crippen molar-refractivity contribution in [2.75, 3.05) is 25.6 Å². The van der Waals surface area contributed by atoms with E-state index in [4.69, 9.17) is 0 Å². The lowest BCUT2D eigenvalue weighted by Gasteiger charge is -2.24. The first kappa shape index (κ1) is 16.1. The highest BCUT2D eigenvalue weighted by molar-refractivity contribution is 7.98. The molecule has 0 aliphatic rings. The van der Waals surface area contributed by atoms with Crippen LogP contribution in [0.4, 0.5) is 4.39 Å². The van der Waals surface area contributed by atoms with E-state index in [0.29, 0.717) is 24.7 Å². The molecule has 0 N–H and O–H groups in total. The number of hydrogen-bond donors (Lipinski definition) is 0. The molecular weight excluding hydrogens is 263 g/mol. The van der Waals surface area contributed by atoms with Crippen LogP contribution in [0, 0.1) is 5.82 Å². The fraction of sp³-hybridized carbons (Fsp3) is 0.571. The Kier molecular flexibility index (Phi) is 7.02. The number of rotatable bonds is 8. The number of carbonyl (C=O) groups is 1. The molecule has 1 atom stereocenters. The predicted octanol–water partition coefficient (Wildman–Crippen LogP) is 2.87. The maximum Gasteiger partial charge on any atom is 0.182 e. The highest BCUT2D eigenvalue weighted by atomic mass is 32.2. The summed E-state index contributed by atoms with van der Waals surface area (Å²) in [6.07, 6.45) is 4.70. The first-order chi connectivity index (χ1) is 9.04. The van der Waals surface area contributed by atoms with E-state index in [-0.39, 0.29) is 5.78 Å². The first-order valence-electron chi connectivity index (χ1n) is 6.38. The summed E-state index contributed by atoms with van der Waals surface area (Å²) in [6.45, 7) is 2.87. The summed E-state index contributed by atoms with van der Waals surface area (Å²) in [5, 5.41) is 0. The van der Waals surface area contributed by atoms with Gasteiger partial charge in [-0.1, -0.05) is 0 Å². The van der Waals surface area contributed by atoms with Crippen LogP contribution in [-0.4, -0.2) is 47.3 Å². The highest BCUT2D eigenvalue weighted by Gasteiger charge is 2.12. The van der Waals surface area contributed by atoms with Crippen LogP contribution in [0.25, 0.3) is 0 Å². The number of halogens is 1. The molecule has 0 spiro atoms. The second-order valence-corrected chi connectivity index (χ2v) is 5.63. The van der Waals surface area contributed by atoms with Gasteiger partial charge < -0.3 is 4.90 Å². The van der Waals surface area contributed by atoms with Crippen molar-refractivity contribution >= 4 is 17.5 Å². The predicted molar refractivity (Wildman–Crippen MR) is 78.2 cm³/mol. The number of pyridine rings is 1. The van der Waals surface area contributed by atoms with E-state index < -0.39 is 5.82 Å². The number of carbonyl (C=O) groups excluding carboxylic acids is 1. The zero-order valence-electron chi connectivity index (χ0n) is 11.7. The average Bonchev–Trinajstić information content (AvgIpc) is 2.42. The van der Waals surface area contributed by atoms with Gasteiger partial charge in [0.25, 0.3) is 0 Å². The maximum atomic E-state index is 12.7. The van der Waals surface area contributed by atoms with Crippen molar-refractivity contribution in [1.82, 2.24) is 9.88 Å². The molecule has 0 amide bonds. The normalized spacial score (nSPS) is 12.7. The van der Waals surface area contributed by atoms with Gasteiger partial charge in [0.1, 0.15) is 11.5 Å². The van der Waals surface area contributed by atoms with Gasteiger partial charge in [-0.05, 0) is 44.5 Å². The zero-order valence-corrected chi connectivity index (χ0v) is 12.5. The number of hydrogen-bond acceptors (Lipinski definition) is 4. The van der Waals surface area contributed by atoms with Crippen LogP contribution < -0.4 is 0 Å². The lowest BCUT2D eigenvalue weighted by atomic mass is 10.1. The third kappa shape index (κ3) is 5.70. The van der Waals surface area contributed by atoms with E-state index in [0.717, 1.165) is 18.4 Å². The molecule has 1 aromatic rings. The molecule has 19 heavy (non-hydrogen) atoms. The van der Waals surface area contributed by atoms with Gasteiger partial charge in [0.2, 0.25) is 0 Å². The standard InChI is InChI=1S/C14H21FN2OS/c1-11(7-9-19-3)17(2)8-6-14(18)13-5-4-12(15)10-16-13/h4-5,10-11H,6-9H2,1-3H3. The van der Waals surface area contributed by atoms with Crippen LogP contribution >= 0.6 is 11.8 Å². The van der Waals surface area contributed by atoms with Crippen LogP contribution in [0.5, 0.6) is 0 Å². The summed E-state index contributed by atoms with van der Waals surface area (Å²) in [5.41, 5.74) is 0.339. The van der Waals surface area contributed by atoms with Crippen LogP contribution in [0.3, 0.4) is 0 Å². The van der Waals surface area contributed by atoms with Crippen molar-refractivity contribution in [2.24, 2.45) is 0 Å². The number of ketones is 1. The molecule has 0 fully saturated rings. The SMILES string of the molecule is CSCCC(C)N(C)CCC(=O)c1ccc(F)cn1. The summed E-state index contributed by atoms with van der Waals surface area (Å²) >= 11 is 1.83. The van der Waals surface area contributed by atoms with Gasteiger partial charge in [0, 0.05) is 19.0 Å². The molecule has 0 aliphatic heterocycles. The maximum absolute atomic E-state index is 12.7. The Morgan fingerprint density at radius 3 is 2.84 bits per heavy atom. The van der Waals surface area contributed by atoms with E-state index in [9.17, 15) is 9.18 Å². The van der Waals surface area contributed by atoms with Crippen LogP contribution in [0.2, 0.25) is 0 Å². The quantitative estimate of drug-likeness (QED) is 0.687. The molecule has 1 unspecified atom stereocenters. The number of aromatic nitrogens is 1. The van der Waals surface area contributed by atoms with Gasteiger partial charge >= 0.3 is 0 Å². The smallest absolute Gasteiger partial charge is 0.182 e. The minimum absolute atomic E-state index is 0.0380. The summed E-state index contributed by atoms with van der Waals surface area (Å²) in [4.78, 5) is 17.9. The Morgan fingerprint density at radius 1 is 1.53 bits per heavy atom. The van der Waals surface area contributed by atoms with Crippen molar-refractivity contribution in [3.63, 3.8) is 0 Å². The minimum Gasteiger partial charge on any atom is -0.303 e. The van der Waals surface area contributed by atoms with Crippen molar-refractivity contribution in [3.05, 3.63) is 29.8 Å². The topological polar surface area (TPSA) is 33.2 Å². The molecule has 0 aliphatic carbocycles. The molecule has 0 bridgehead atoms. The van der Waals surface area contributed by atoms with Gasteiger partial charge in [-0.3, -0.25) is 9.78 Å². The van der Waals surface area contributed by atoms with E-state index in [1.165, 1.54) is 12.1 Å². The Bertz CT molecular complexity index is 397. The number of thioether (sulfide) groups is 1. The molecular formula is C14H21FN2OS. The van der Waals surface area contributed by atoms with Gasteiger partial charge in [0.05, 0.1) is 6.20 Å². The molecule has 3 nitrogen and oxygen atoms in total. The molecule has 0 radical (unpaired) electrons. The zero-order chi connectivity index (χ0) is 14.3. The fourth-order valence-corrected chi connectivity index (χ4v) is 2.25. The molecule has 1 heterocycles. The third-order valence-electron chi connectivity index (χ3n) is 3.20. The summed E-state index contributed by atoms with van der Waals surface area (Å²) in [5.74, 6) is 0.669. The van der Waals surface area contributed by atoms with Crippen LogP contribution in [-0.2, 0) is 0 Å². The molecule has 1 rings (SSSR count).